The van der Waals surface area contributed by atoms with Gasteiger partial charge >= 0.3 is 0 Å². The van der Waals surface area contributed by atoms with Crippen LogP contribution in [-0.2, 0) is 34.0 Å². The molecule has 0 unspecified atom stereocenters. The predicted octanol–water partition coefficient (Wildman–Crippen LogP) is 2.44. The number of aryl methyl sites for hydroxylation is 2. The summed E-state index contributed by atoms with van der Waals surface area (Å²) in [5.74, 6) is 0.541. The van der Waals surface area contributed by atoms with Gasteiger partial charge in [0, 0.05) is 44.1 Å². The van der Waals surface area contributed by atoms with E-state index in [4.69, 9.17) is 9.47 Å². The second-order valence-electron chi connectivity index (χ2n) is 8.60. The molecule has 1 atom stereocenters. The second kappa shape index (κ2) is 11.6. The topological polar surface area (TPSA) is 89.8 Å². The van der Waals surface area contributed by atoms with Crippen molar-refractivity contribution in [3.63, 3.8) is 0 Å². The third-order valence-corrected chi connectivity index (χ3v) is 6.04. The molecule has 0 aliphatic carbocycles. The molecule has 1 fully saturated rings. The van der Waals surface area contributed by atoms with Crippen molar-refractivity contribution in [2.75, 3.05) is 26.7 Å². The molecule has 1 aromatic carbocycles. The maximum absolute atomic E-state index is 13.1. The van der Waals surface area contributed by atoms with Crippen LogP contribution in [-0.4, -0.2) is 69.2 Å². The molecule has 1 aliphatic rings. The summed E-state index contributed by atoms with van der Waals surface area (Å²) in [7, 11) is 1.63. The van der Waals surface area contributed by atoms with E-state index in [1.165, 1.54) is 0 Å². The van der Waals surface area contributed by atoms with Gasteiger partial charge in [-0.1, -0.05) is 18.2 Å². The minimum absolute atomic E-state index is 0.0166. The lowest BCUT2D eigenvalue weighted by Crippen LogP contribution is -2.40. The lowest BCUT2D eigenvalue weighted by atomic mass is 10.2. The van der Waals surface area contributed by atoms with Gasteiger partial charge in [-0.2, -0.15) is 5.10 Å². The van der Waals surface area contributed by atoms with Gasteiger partial charge in [0.2, 0.25) is 11.8 Å². The molecular formula is C26H31N5O4. The number of methoxy groups -OCH3 is 1. The first-order valence-corrected chi connectivity index (χ1v) is 11.7. The van der Waals surface area contributed by atoms with Crippen LogP contribution in [0, 0.1) is 6.92 Å². The van der Waals surface area contributed by atoms with Crippen LogP contribution in [0.1, 0.15) is 23.4 Å². The molecule has 4 rings (SSSR count). The highest BCUT2D eigenvalue weighted by Crippen LogP contribution is 2.17. The van der Waals surface area contributed by atoms with E-state index in [0.717, 1.165) is 22.7 Å². The summed E-state index contributed by atoms with van der Waals surface area (Å²) in [6.07, 6.45) is 3.35. The smallest absolute Gasteiger partial charge is 0.242 e. The third kappa shape index (κ3) is 6.66. The standard InChI is InChI=1S/C26H31N5O4/c1-20-9-12-28-31(20)13-10-25(32)30-17-24(35-19-21-6-5-8-23(14-21)34-2)16-29(26(33)18-30)15-22-7-3-4-11-27-22/h3-9,11-12,14,24H,10,13,15-19H2,1-2H3/t24-/m0/s1. The Kier molecular flexibility index (Phi) is 8.10. The molecule has 3 heterocycles. The van der Waals surface area contributed by atoms with Gasteiger partial charge in [-0.3, -0.25) is 19.3 Å². The Morgan fingerprint density at radius 2 is 2.00 bits per heavy atom. The molecule has 1 saturated heterocycles. The fourth-order valence-corrected chi connectivity index (χ4v) is 4.08. The van der Waals surface area contributed by atoms with Crippen molar-refractivity contribution in [2.24, 2.45) is 0 Å². The highest BCUT2D eigenvalue weighted by atomic mass is 16.5. The number of pyridine rings is 1. The fourth-order valence-electron chi connectivity index (χ4n) is 4.08. The molecule has 35 heavy (non-hydrogen) atoms. The van der Waals surface area contributed by atoms with Crippen molar-refractivity contribution in [3.8, 4) is 5.75 Å². The zero-order valence-corrected chi connectivity index (χ0v) is 20.2. The second-order valence-corrected chi connectivity index (χ2v) is 8.60. The van der Waals surface area contributed by atoms with E-state index < -0.39 is 0 Å². The maximum Gasteiger partial charge on any atom is 0.242 e. The van der Waals surface area contributed by atoms with Gasteiger partial charge in [0.25, 0.3) is 0 Å². The van der Waals surface area contributed by atoms with Gasteiger partial charge in [0.05, 0.1) is 38.6 Å². The first kappa shape index (κ1) is 24.4. The molecule has 184 valence electrons. The Labute approximate surface area is 205 Å². The molecular weight excluding hydrogens is 446 g/mol. The number of rotatable bonds is 9. The summed E-state index contributed by atoms with van der Waals surface area (Å²) in [6.45, 7) is 3.87. The lowest BCUT2D eigenvalue weighted by molar-refractivity contribution is -0.139. The first-order chi connectivity index (χ1) is 17.0. The van der Waals surface area contributed by atoms with E-state index in [-0.39, 0.29) is 30.9 Å². The number of carbonyl (C=O) groups is 2. The Bertz CT molecular complexity index is 1130. The third-order valence-electron chi connectivity index (χ3n) is 6.04. The number of hydrogen-bond donors (Lipinski definition) is 0. The Morgan fingerprint density at radius 3 is 2.74 bits per heavy atom. The molecule has 0 radical (unpaired) electrons. The van der Waals surface area contributed by atoms with Crippen molar-refractivity contribution in [1.29, 1.82) is 0 Å². The number of amides is 2. The number of hydrogen-bond acceptors (Lipinski definition) is 6. The monoisotopic (exact) mass is 477 g/mol. The molecule has 2 amide bonds. The van der Waals surface area contributed by atoms with Gasteiger partial charge in [0.1, 0.15) is 5.75 Å². The normalized spacial score (nSPS) is 16.3. The van der Waals surface area contributed by atoms with E-state index in [1.807, 2.05) is 55.5 Å². The van der Waals surface area contributed by atoms with Gasteiger partial charge in [-0.15, -0.1) is 0 Å². The molecule has 9 nitrogen and oxygen atoms in total. The molecule has 0 N–H and O–H groups in total. The largest absolute Gasteiger partial charge is 0.497 e. The van der Waals surface area contributed by atoms with Crippen molar-refractivity contribution in [1.82, 2.24) is 24.6 Å². The van der Waals surface area contributed by atoms with E-state index in [0.29, 0.717) is 32.8 Å². The summed E-state index contributed by atoms with van der Waals surface area (Å²) in [5.41, 5.74) is 2.75. The van der Waals surface area contributed by atoms with Crippen molar-refractivity contribution in [2.45, 2.75) is 39.1 Å². The van der Waals surface area contributed by atoms with Crippen LogP contribution < -0.4 is 4.74 Å². The summed E-state index contributed by atoms with van der Waals surface area (Å²) in [6, 6.07) is 15.2. The molecule has 2 aromatic heterocycles. The average molecular weight is 478 g/mol. The molecule has 0 spiro atoms. The average Bonchev–Trinajstić information content (AvgIpc) is 3.22. The molecule has 0 bridgehead atoms. The molecule has 3 aromatic rings. The predicted molar refractivity (Wildman–Crippen MR) is 129 cm³/mol. The van der Waals surface area contributed by atoms with E-state index in [1.54, 1.807) is 34.0 Å². The van der Waals surface area contributed by atoms with Crippen LogP contribution >= 0.6 is 0 Å². The van der Waals surface area contributed by atoms with E-state index >= 15 is 0 Å². The maximum atomic E-state index is 13.1. The zero-order valence-electron chi connectivity index (χ0n) is 20.2. The van der Waals surface area contributed by atoms with E-state index in [9.17, 15) is 9.59 Å². The Morgan fingerprint density at radius 1 is 1.11 bits per heavy atom. The van der Waals surface area contributed by atoms with Crippen LogP contribution in [0.2, 0.25) is 0 Å². The minimum Gasteiger partial charge on any atom is -0.497 e. The van der Waals surface area contributed by atoms with Gasteiger partial charge < -0.3 is 19.3 Å². The van der Waals surface area contributed by atoms with Gasteiger partial charge in [-0.05, 0) is 42.8 Å². The fraction of sp³-hybridized carbons (Fsp3) is 0.385. The van der Waals surface area contributed by atoms with Crippen LogP contribution in [0.5, 0.6) is 5.75 Å². The number of carbonyl (C=O) groups excluding carboxylic acids is 2. The summed E-state index contributed by atoms with van der Waals surface area (Å²) in [4.78, 5) is 33.9. The number of ether oxygens (including phenoxy) is 2. The summed E-state index contributed by atoms with van der Waals surface area (Å²) in [5, 5.41) is 4.25. The van der Waals surface area contributed by atoms with Crippen molar-refractivity contribution >= 4 is 11.8 Å². The van der Waals surface area contributed by atoms with Crippen molar-refractivity contribution in [3.05, 3.63) is 77.9 Å². The van der Waals surface area contributed by atoms with Gasteiger partial charge in [0.15, 0.2) is 0 Å². The van der Waals surface area contributed by atoms with Crippen LogP contribution in [0.3, 0.4) is 0 Å². The highest BCUT2D eigenvalue weighted by Gasteiger charge is 2.31. The highest BCUT2D eigenvalue weighted by molar-refractivity contribution is 5.85. The summed E-state index contributed by atoms with van der Waals surface area (Å²) >= 11 is 0. The molecule has 0 saturated carbocycles. The SMILES string of the molecule is COc1cccc(CO[C@@H]2CN(C(=O)CCn3nccc3C)CC(=O)N(Cc3ccccn3)C2)c1. The minimum atomic E-state index is -0.341. The number of aromatic nitrogens is 3. The Hall–Kier alpha value is -3.72. The van der Waals surface area contributed by atoms with Gasteiger partial charge in [-0.25, -0.2) is 0 Å². The van der Waals surface area contributed by atoms with Crippen LogP contribution in [0.25, 0.3) is 0 Å². The van der Waals surface area contributed by atoms with Crippen LogP contribution in [0.4, 0.5) is 0 Å². The summed E-state index contributed by atoms with van der Waals surface area (Å²) < 4.78 is 13.3. The Balaban J connectivity index is 1.46. The van der Waals surface area contributed by atoms with Crippen molar-refractivity contribution < 1.29 is 19.1 Å². The van der Waals surface area contributed by atoms with E-state index in [2.05, 4.69) is 10.1 Å². The quantitative estimate of drug-likeness (QED) is 0.470. The number of benzene rings is 1. The number of nitrogens with zero attached hydrogens (tertiary/aromatic N) is 5. The van der Waals surface area contributed by atoms with Crippen LogP contribution in [0.15, 0.2) is 60.9 Å². The lowest BCUT2D eigenvalue weighted by Gasteiger charge is -2.25. The molecule has 1 aliphatic heterocycles. The zero-order chi connectivity index (χ0) is 24.6. The molecule has 9 heteroatoms. The first-order valence-electron chi connectivity index (χ1n) is 11.7.